The Hall–Kier alpha value is -1.11. The predicted octanol–water partition coefficient (Wildman–Crippen LogP) is 2.60. The smallest absolute Gasteiger partial charge is 0.337 e. The SMILES string of the molecule is COC(=O)c1ccc(C2CC(I)=NN2C)cc1. The molecule has 0 radical (unpaired) electrons. The summed E-state index contributed by atoms with van der Waals surface area (Å²) >= 11 is 2.25. The third kappa shape index (κ3) is 2.59. The fraction of sp³-hybridized carbons (Fsp3) is 0.333. The number of benzene rings is 1. The van der Waals surface area contributed by atoms with Gasteiger partial charge in [0.25, 0.3) is 0 Å². The van der Waals surface area contributed by atoms with Crippen LogP contribution < -0.4 is 0 Å². The minimum absolute atomic E-state index is 0.272. The molecule has 0 N–H and O–H groups in total. The number of ether oxygens (including phenoxy) is 1. The molecule has 0 amide bonds. The summed E-state index contributed by atoms with van der Waals surface area (Å²) in [5, 5.41) is 6.32. The lowest BCUT2D eigenvalue weighted by atomic mass is 10.0. The van der Waals surface area contributed by atoms with E-state index in [4.69, 9.17) is 0 Å². The third-order valence-corrected chi connectivity index (χ3v) is 3.45. The van der Waals surface area contributed by atoms with Gasteiger partial charge < -0.3 is 4.74 Å². The van der Waals surface area contributed by atoms with Gasteiger partial charge in [-0.25, -0.2) is 4.79 Å². The second kappa shape index (κ2) is 5.03. The third-order valence-electron chi connectivity index (χ3n) is 2.80. The van der Waals surface area contributed by atoms with Gasteiger partial charge in [0.05, 0.1) is 18.7 Å². The molecule has 0 fully saturated rings. The molecule has 0 aliphatic carbocycles. The normalized spacial score (nSPS) is 19.1. The van der Waals surface area contributed by atoms with Crippen molar-refractivity contribution < 1.29 is 9.53 Å². The van der Waals surface area contributed by atoms with Crippen LogP contribution in [0.5, 0.6) is 0 Å². The van der Waals surface area contributed by atoms with Gasteiger partial charge in [-0.2, -0.15) is 5.10 Å². The van der Waals surface area contributed by atoms with Crippen LogP contribution in [0.1, 0.15) is 28.4 Å². The highest BCUT2D eigenvalue weighted by Crippen LogP contribution is 2.30. The van der Waals surface area contributed by atoms with Crippen LogP contribution in [0.15, 0.2) is 29.4 Å². The average Bonchev–Trinajstić information content (AvgIpc) is 2.68. The molecule has 1 aliphatic heterocycles. The standard InChI is InChI=1S/C12H13IN2O2/c1-15-10(7-11(13)14-15)8-3-5-9(6-4-8)12(16)17-2/h3-6,10H,7H2,1-2H3. The van der Waals surface area contributed by atoms with Gasteiger partial charge in [-0.05, 0) is 40.3 Å². The first kappa shape index (κ1) is 12.3. The Morgan fingerprint density at radius 3 is 2.59 bits per heavy atom. The van der Waals surface area contributed by atoms with Crippen molar-refractivity contribution in [1.82, 2.24) is 5.01 Å². The molecule has 1 unspecified atom stereocenters. The van der Waals surface area contributed by atoms with E-state index >= 15 is 0 Å². The number of esters is 1. The Balaban J connectivity index is 2.17. The predicted molar refractivity (Wildman–Crippen MR) is 74.4 cm³/mol. The number of carbonyl (C=O) groups excluding carboxylic acids is 1. The first-order valence-electron chi connectivity index (χ1n) is 5.26. The van der Waals surface area contributed by atoms with Gasteiger partial charge in [0.1, 0.15) is 3.72 Å². The zero-order chi connectivity index (χ0) is 12.4. The molecule has 1 atom stereocenters. The maximum atomic E-state index is 11.3. The van der Waals surface area contributed by atoms with Crippen LogP contribution >= 0.6 is 22.6 Å². The van der Waals surface area contributed by atoms with Crippen LogP contribution in [0.25, 0.3) is 0 Å². The van der Waals surface area contributed by atoms with E-state index in [0.29, 0.717) is 5.56 Å². The van der Waals surface area contributed by atoms with Crippen LogP contribution in [-0.2, 0) is 4.74 Å². The fourth-order valence-corrected chi connectivity index (χ4v) is 2.62. The van der Waals surface area contributed by atoms with E-state index in [1.807, 2.05) is 24.2 Å². The molecule has 0 bridgehead atoms. The van der Waals surface area contributed by atoms with Crippen molar-refractivity contribution in [3.05, 3.63) is 35.4 Å². The van der Waals surface area contributed by atoms with E-state index in [0.717, 1.165) is 15.7 Å². The van der Waals surface area contributed by atoms with Crippen molar-refractivity contribution >= 4 is 32.3 Å². The quantitative estimate of drug-likeness (QED) is 0.612. The number of hydrogen-bond acceptors (Lipinski definition) is 4. The van der Waals surface area contributed by atoms with Crippen molar-refractivity contribution in [1.29, 1.82) is 0 Å². The number of carbonyl (C=O) groups is 1. The van der Waals surface area contributed by atoms with Gasteiger partial charge in [0.15, 0.2) is 0 Å². The first-order valence-corrected chi connectivity index (χ1v) is 6.34. The lowest BCUT2D eigenvalue weighted by Crippen LogP contribution is -2.14. The van der Waals surface area contributed by atoms with Crippen LogP contribution in [-0.4, -0.2) is 28.9 Å². The summed E-state index contributed by atoms with van der Waals surface area (Å²) in [6.07, 6.45) is 0.925. The van der Waals surface area contributed by atoms with Gasteiger partial charge in [0.2, 0.25) is 0 Å². The molecule has 1 aromatic carbocycles. The summed E-state index contributed by atoms with van der Waals surface area (Å²) in [5.74, 6) is -0.304. The van der Waals surface area contributed by atoms with E-state index < -0.39 is 0 Å². The minimum atomic E-state index is -0.304. The Labute approximate surface area is 114 Å². The molecule has 1 heterocycles. The molecular weight excluding hydrogens is 331 g/mol. The van der Waals surface area contributed by atoms with Crippen LogP contribution in [0.2, 0.25) is 0 Å². The van der Waals surface area contributed by atoms with Gasteiger partial charge >= 0.3 is 5.97 Å². The molecule has 0 aromatic heterocycles. The van der Waals surface area contributed by atoms with Crippen molar-refractivity contribution in [2.45, 2.75) is 12.5 Å². The summed E-state index contributed by atoms with van der Waals surface area (Å²) in [5.41, 5.74) is 1.74. The average molecular weight is 344 g/mol. The molecule has 0 spiro atoms. The summed E-state index contributed by atoms with van der Waals surface area (Å²) in [4.78, 5) is 11.3. The Morgan fingerprint density at radius 1 is 1.47 bits per heavy atom. The molecule has 2 rings (SSSR count). The highest BCUT2D eigenvalue weighted by Gasteiger charge is 2.23. The highest BCUT2D eigenvalue weighted by atomic mass is 127. The fourth-order valence-electron chi connectivity index (χ4n) is 1.87. The molecule has 0 saturated carbocycles. The highest BCUT2D eigenvalue weighted by molar-refractivity contribution is 14.1. The van der Waals surface area contributed by atoms with Crippen LogP contribution in [0, 0.1) is 0 Å². The number of nitrogens with zero attached hydrogens (tertiary/aromatic N) is 2. The summed E-state index contributed by atoms with van der Waals surface area (Å²) in [6, 6.07) is 7.77. The lowest BCUT2D eigenvalue weighted by Gasteiger charge is -2.19. The number of hydrogen-bond donors (Lipinski definition) is 0. The lowest BCUT2D eigenvalue weighted by molar-refractivity contribution is 0.0600. The van der Waals surface area contributed by atoms with Crippen molar-refractivity contribution in [3.8, 4) is 0 Å². The van der Waals surface area contributed by atoms with Crippen LogP contribution in [0.4, 0.5) is 0 Å². The molecule has 1 aliphatic rings. The molecule has 4 nitrogen and oxygen atoms in total. The maximum Gasteiger partial charge on any atom is 0.337 e. The monoisotopic (exact) mass is 344 g/mol. The molecular formula is C12H13IN2O2. The number of rotatable bonds is 2. The molecule has 90 valence electrons. The Bertz CT molecular complexity index is 456. The summed E-state index contributed by atoms with van der Waals surface area (Å²) in [6.45, 7) is 0. The Morgan fingerprint density at radius 2 is 2.12 bits per heavy atom. The number of hydrazone groups is 1. The van der Waals surface area contributed by atoms with E-state index in [9.17, 15) is 4.79 Å². The largest absolute Gasteiger partial charge is 0.465 e. The van der Waals surface area contributed by atoms with Gasteiger partial charge in [-0.3, -0.25) is 5.01 Å². The Kier molecular flexibility index (Phi) is 3.66. The summed E-state index contributed by atoms with van der Waals surface area (Å²) < 4.78 is 5.77. The topological polar surface area (TPSA) is 41.9 Å². The zero-order valence-electron chi connectivity index (χ0n) is 9.68. The van der Waals surface area contributed by atoms with Gasteiger partial charge in [0, 0.05) is 13.5 Å². The van der Waals surface area contributed by atoms with Crippen LogP contribution in [0.3, 0.4) is 0 Å². The summed E-state index contributed by atoms with van der Waals surface area (Å²) in [7, 11) is 3.35. The molecule has 1 aromatic rings. The van der Waals surface area contributed by atoms with E-state index in [1.54, 1.807) is 12.1 Å². The maximum absolute atomic E-state index is 11.3. The van der Waals surface area contributed by atoms with Crippen molar-refractivity contribution in [3.63, 3.8) is 0 Å². The van der Waals surface area contributed by atoms with Gasteiger partial charge in [-0.1, -0.05) is 12.1 Å². The number of halogens is 1. The van der Waals surface area contributed by atoms with E-state index in [2.05, 4.69) is 32.4 Å². The van der Waals surface area contributed by atoms with Gasteiger partial charge in [-0.15, -0.1) is 0 Å². The molecule has 17 heavy (non-hydrogen) atoms. The number of methoxy groups -OCH3 is 1. The second-order valence-electron chi connectivity index (χ2n) is 3.88. The van der Waals surface area contributed by atoms with E-state index in [1.165, 1.54) is 7.11 Å². The van der Waals surface area contributed by atoms with Crippen molar-refractivity contribution in [2.24, 2.45) is 5.10 Å². The molecule has 0 saturated heterocycles. The zero-order valence-corrected chi connectivity index (χ0v) is 11.8. The first-order chi connectivity index (χ1) is 8.11. The van der Waals surface area contributed by atoms with Crippen molar-refractivity contribution in [2.75, 3.05) is 14.2 Å². The van der Waals surface area contributed by atoms with E-state index in [-0.39, 0.29) is 12.0 Å². The second-order valence-corrected chi connectivity index (χ2v) is 5.13. The molecule has 5 heteroatoms. The minimum Gasteiger partial charge on any atom is -0.465 e.